The maximum absolute atomic E-state index is 10.6. The van der Waals surface area contributed by atoms with Gasteiger partial charge in [-0.1, -0.05) is 0 Å². The molecular weight excluding hydrogens is 310 g/mol. The van der Waals surface area contributed by atoms with Gasteiger partial charge in [0, 0.05) is 34.9 Å². The quantitative estimate of drug-likeness (QED) is 0.229. The molecule has 21 heavy (non-hydrogen) atoms. The molecule has 1 aromatic heterocycles. The van der Waals surface area contributed by atoms with Crippen LogP contribution in [0.1, 0.15) is 10.7 Å². The molecule has 9 heteroatoms. The molecular formula is C12H21N5O2S2. The average Bonchev–Trinajstić information content (AvgIpc) is 2.84. The normalized spacial score (nSPS) is 13.1. The lowest BCUT2D eigenvalue weighted by molar-refractivity contribution is -0.507. The second-order valence-corrected chi connectivity index (χ2v) is 6.64. The SMILES string of the molecule is CNC(C=NCCSCc1csc(CN(C)C)n1)[N+](=O)[O-]. The van der Waals surface area contributed by atoms with Crippen LogP contribution in [0.2, 0.25) is 0 Å². The van der Waals surface area contributed by atoms with Crippen molar-refractivity contribution < 1.29 is 4.92 Å². The van der Waals surface area contributed by atoms with Crippen molar-refractivity contribution in [3.05, 3.63) is 26.2 Å². The molecule has 1 atom stereocenters. The summed E-state index contributed by atoms with van der Waals surface area (Å²) in [6.07, 6.45) is 0.445. The Bertz CT molecular complexity index is 464. The van der Waals surface area contributed by atoms with E-state index in [2.05, 4.69) is 25.6 Å². The smallest absolute Gasteiger partial charge is 0.301 e. The van der Waals surface area contributed by atoms with Crippen LogP contribution in [0.15, 0.2) is 10.4 Å². The lowest BCUT2D eigenvalue weighted by atomic mass is 10.5. The molecule has 0 radical (unpaired) electrons. The summed E-state index contributed by atoms with van der Waals surface area (Å²) in [5.41, 5.74) is 1.09. The summed E-state index contributed by atoms with van der Waals surface area (Å²) >= 11 is 3.41. The lowest BCUT2D eigenvalue weighted by Gasteiger charge is -2.05. The molecule has 0 bridgehead atoms. The molecule has 1 rings (SSSR count). The maximum atomic E-state index is 10.6. The molecule has 0 amide bonds. The van der Waals surface area contributed by atoms with Crippen LogP contribution in [0.5, 0.6) is 0 Å². The van der Waals surface area contributed by atoms with Gasteiger partial charge in [0.1, 0.15) is 5.01 Å². The highest BCUT2D eigenvalue weighted by Gasteiger charge is 2.12. The van der Waals surface area contributed by atoms with E-state index in [1.807, 2.05) is 14.1 Å². The third-order valence-corrected chi connectivity index (χ3v) is 4.29. The largest absolute Gasteiger partial charge is 0.303 e. The zero-order valence-corrected chi connectivity index (χ0v) is 14.1. The summed E-state index contributed by atoms with van der Waals surface area (Å²) < 4.78 is 0. The van der Waals surface area contributed by atoms with Crippen LogP contribution in [0.4, 0.5) is 0 Å². The van der Waals surface area contributed by atoms with Gasteiger partial charge in [-0.05, 0) is 21.1 Å². The Morgan fingerprint density at radius 3 is 3.05 bits per heavy atom. The van der Waals surface area contributed by atoms with Crippen molar-refractivity contribution in [2.45, 2.75) is 18.5 Å². The molecule has 1 aromatic rings. The van der Waals surface area contributed by atoms with Gasteiger partial charge in [-0.3, -0.25) is 20.4 Å². The number of nitrogens with zero attached hydrogens (tertiary/aromatic N) is 4. The number of thiazole rings is 1. The molecule has 0 aliphatic heterocycles. The zero-order chi connectivity index (χ0) is 15.7. The molecule has 1 heterocycles. The zero-order valence-electron chi connectivity index (χ0n) is 12.5. The van der Waals surface area contributed by atoms with E-state index in [-0.39, 0.29) is 0 Å². The summed E-state index contributed by atoms with van der Waals surface area (Å²) in [6.45, 7) is 1.44. The Balaban J connectivity index is 2.21. The molecule has 0 spiro atoms. The molecule has 0 aliphatic rings. The van der Waals surface area contributed by atoms with Gasteiger partial charge < -0.3 is 4.90 Å². The molecule has 0 saturated heterocycles. The lowest BCUT2D eigenvalue weighted by Crippen LogP contribution is -2.34. The molecule has 0 aromatic carbocycles. The summed E-state index contributed by atoms with van der Waals surface area (Å²) in [5.74, 6) is 1.68. The summed E-state index contributed by atoms with van der Waals surface area (Å²) in [5, 5.41) is 16.3. The van der Waals surface area contributed by atoms with Gasteiger partial charge in [0.15, 0.2) is 0 Å². The van der Waals surface area contributed by atoms with E-state index in [0.29, 0.717) is 6.54 Å². The van der Waals surface area contributed by atoms with Crippen LogP contribution in [0.25, 0.3) is 0 Å². The fourth-order valence-electron chi connectivity index (χ4n) is 1.46. The first-order valence-electron chi connectivity index (χ1n) is 6.49. The molecule has 0 aliphatic carbocycles. The van der Waals surface area contributed by atoms with E-state index >= 15 is 0 Å². The first kappa shape index (κ1) is 18.0. The predicted octanol–water partition coefficient (Wildman–Crippen LogP) is 1.33. The standard InChI is InChI=1S/C12H21N5O2S2/c1-13-11(17(18)19)6-14-4-5-20-8-10-9-21-12(15-10)7-16(2)3/h6,9,11,13H,4-5,7-8H2,1-3H3. The minimum absolute atomic E-state index is 0.405. The summed E-state index contributed by atoms with van der Waals surface area (Å²) in [6, 6.07) is 0. The second-order valence-electron chi connectivity index (χ2n) is 4.60. The fourth-order valence-corrected chi connectivity index (χ4v) is 3.21. The maximum Gasteiger partial charge on any atom is 0.301 e. The van der Waals surface area contributed by atoms with Crippen molar-refractivity contribution in [2.24, 2.45) is 4.99 Å². The fraction of sp³-hybridized carbons (Fsp3) is 0.667. The van der Waals surface area contributed by atoms with E-state index in [1.54, 1.807) is 30.1 Å². The molecule has 0 saturated carbocycles. The van der Waals surface area contributed by atoms with Crippen molar-refractivity contribution in [1.82, 2.24) is 15.2 Å². The van der Waals surface area contributed by atoms with Crippen LogP contribution in [0.3, 0.4) is 0 Å². The van der Waals surface area contributed by atoms with E-state index in [9.17, 15) is 10.1 Å². The van der Waals surface area contributed by atoms with Crippen molar-refractivity contribution >= 4 is 29.3 Å². The van der Waals surface area contributed by atoms with Gasteiger partial charge in [0.05, 0.1) is 11.9 Å². The van der Waals surface area contributed by atoms with E-state index < -0.39 is 11.1 Å². The topological polar surface area (TPSA) is 83.7 Å². The van der Waals surface area contributed by atoms with Crippen LogP contribution in [-0.4, -0.2) is 60.6 Å². The Labute approximate surface area is 133 Å². The van der Waals surface area contributed by atoms with Crippen LogP contribution < -0.4 is 5.32 Å². The first-order valence-corrected chi connectivity index (χ1v) is 8.52. The number of hydrogen-bond acceptors (Lipinski definition) is 8. The Morgan fingerprint density at radius 1 is 1.67 bits per heavy atom. The minimum atomic E-state index is -0.901. The molecule has 1 unspecified atom stereocenters. The van der Waals surface area contributed by atoms with Crippen LogP contribution in [0, 0.1) is 10.1 Å². The van der Waals surface area contributed by atoms with E-state index in [0.717, 1.165) is 28.8 Å². The minimum Gasteiger partial charge on any atom is -0.303 e. The van der Waals surface area contributed by atoms with Gasteiger partial charge in [0.2, 0.25) is 0 Å². The Hall–Kier alpha value is -1.03. The van der Waals surface area contributed by atoms with Crippen molar-refractivity contribution in [3.8, 4) is 0 Å². The van der Waals surface area contributed by atoms with Gasteiger partial charge in [-0.2, -0.15) is 11.8 Å². The number of hydrogen-bond donors (Lipinski definition) is 1. The highest BCUT2D eigenvalue weighted by molar-refractivity contribution is 7.98. The number of nitro groups is 1. The van der Waals surface area contributed by atoms with Crippen LogP contribution >= 0.6 is 23.1 Å². The number of aromatic nitrogens is 1. The van der Waals surface area contributed by atoms with Gasteiger partial charge >= 0.3 is 6.17 Å². The molecule has 118 valence electrons. The Kier molecular flexibility index (Phi) is 8.43. The van der Waals surface area contributed by atoms with Crippen LogP contribution in [-0.2, 0) is 12.3 Å². The third kappa shape index (κ3) is 7.51. The monoisotopic (exact) mass is 331 g/mol. The van der Waals surface area contributed by atoms with Gasteiger partial charge in [-0.15, -0.1) is 11.3 Å². The highest BCUT2D eigenvalue weighted by atomic mass is 32.2. The number of aliphatic imine (C=N–C) groups is 1. The first-order chi connectivity index (χ1) is 10.0. The van der Waals surface area contributed by atoms with E-state index in [4.69, 9.17) is 0 Å². The number of thioether (sulfide) groups is 1. The van der Waals surface area contributed by atoms with Gasteiger partial charge in [0.25, 0.3) is 0 Å². The average molecular weight is 331 g/mol. The van der Waals surface area contributed by atoms with Gasteiger partial charge in [-0.25, -0.2) is 4.98 Å². The molecule has 0 fully saturated rings. The number of rotatable bonds is 10. The summed E-state index contributed by atoms with van der Waals surface area (Å²) in [7, 11) is 5.59. The number of nitrogens with one attached hydrogen (secondary N) is 1. The highest BCUT2D eigenvalue weighted by Crippen LogP contribution is 2.16. The van der Waals surface area contributed by atoms with E-state index in [1.165, 1.54) is 6.21 Å². The van der Waals surface area contributed by atoms with Crippen molar-refractivity contribution in [1.29, 1.82) is 0 Å². The molecule has 7 nitrogen and oxygen atoms in total. The molecule has 1 N–H and O–H groups in total. The third-order valence-electron chi connectivity index (χ3n) is 2.43. The second kappa shape index (κ2) is 9.82. The predicted molar refractivity (Wildman–Crippen MR) is 88.9 cm³/mol. The van der Waals surface area contributed by atoms with Crippen molar-refractivity contribution in [3.63, 3.8) is 0 Å². The summed E-state index contributed by atoms with van der Waals surface area (Å²) in [4.78, 5) is 20.9. The Morgan fingerprint density at radius 2 is 2.43 bits per heavy atom. The van der Waals surface area contributed by atoms with Crippen molar-refractivity contribution in [2.75, 3.05) is 33.4 Å².